The molecule has 1 aliphatic heterocycles. The van der Waals surface area contributed by atoms with Crippen LogP contribution in [-0.2, 0) is 23.8 Å². The Morgan fingerprint density at radius 1 is 1.36 bits per heavy atom. The number of halogens is 2. The zero-order valence-electron chi connectivity index (χ0n) is 13.4. The minimum atomic E-state index is -0.605. The molecule has 2 aromatic heterocycles. The third-order valence-electron chi connectivity index (χ3n) is 3.71. The zero-order valence-corrected chi connectivity index (χ0v) is 15.0. The first kappa shape index (κ1) is 17.9. The lowest BCUT2D eigenvalue weighted by Crippen LogP contribution is -2.31. The van der Waals surface area contributed by atoms with Gasteiger partial charge in [0.05, 0.1) is 16.6 Å². The number of rotatable bonds is 4. The van der Waals surface area contributed by atoms with Crippen molar-refractivity contribution in [2.75, 3.05) is 6.61 Å². The molecule has 1 aliphatic rings. The molecule has 0 spiro atoms. The van der Waals surface area contributed by atoms with Crippen molar-refractivity contribution in [2.45, 2.75) is 38.7 Å². The number of aromatic nitrogens is 3. The number of carbonyl (C=O) groups is 2. The molecule has 0 radical (unpaired) electrons. The molecule has 0 bridgehead atoms. The van der Waals surface area contributed by atoms with Crippen molar-refractivity contribution < 1.29 is 23.8 Å². The van der Waals surface area contributed by atoms with Crippen LogP contribution in [0, 0.1) is 0 Å². The number of hydrogen-bond acceptors (Lipinski definition) is 7. The van der Waals surface area contributed by atoms with E-state index < -0.39 is 30.4 Å². The van der Waals surface area contributed by atoms with Gasteiger partial charge in [0.2, 0.25) is 0 Å². The van der Waals surface area contributed by atoms with Gasteiger partial charge in [-0.25, -0.2) is 9.67 Å². The molecule has 25 heavy (non-hydrogen) atoms. The topological polar surface area (TPSA) is 92.5 Å². The molecule has 2 aromatic rings. The molecule has 3 heterocycles. The second-order valence-corrected chi connectivity index (χ2v) is 6.36. The first-order valence-corrected chi connectivity index (χ1v) is 8.26. The number of fused-ring (bicyclic) bond motifs is 1. The molecule has 3 atom stereocenters. The average molecular weight is 388 g/mol. The van der Waals surface area contributed by atoms with Gasteiger partial charge in [-0.2, -0.15) is 5.10 Å². The molecule has 1 unspecified atom stereocenters. The van der Waals surface area contributed by atoms with Gasteiger partial charge in [0, 0.05) is 20.3 Å². The predicted molar refractivity (Wildman–Crippen MR) is 88.3 cm³/mol. The molecule has 0 saturated carbocycles. The maximum Gasteiger partial charge on any atom is 0.303 e. The van der Waals surface area contributed by atoms with Crippen LogP contribution >= 0.6 is 23.2 Å². The third kappa shape index (κ3) is 3.86. The highest BCUT2D eigenvalue weighted by atomic mass is 35.5. The van der Waals surface area contributed by atoms with Crippen LogP contribution in [0.2, 0.25) is 10.2 Å². The van der Waals surface area contributed by atoms with Gasteiger partial charge in [0.1, 0.15) is 24.0 Å². The van der Waals surface area contributed by atoms with Gasteiger partial charge in [-0.05, 0) is 6.07 Å². The van der Waals surface area contributed by atoms with E-state index in [1.54, 1.807) is 6.20 Å². The standard InChI is InChI=1S/C15H15Cl2N3O5/c1-7(21)23-6-12-11(24-8(2)22)4-14(25-12)20-15-9(5-18-20)10(16)3-13(17)19-15/h3,5,11-12,14H,4,6H2,1-2H3/t11-,12?,14+/m0/s1. The summed E-state index contributed by atoms with van der Waals surface area (Å²) in [5.41, 5.74) is 0.456. The normalized spacial score (nSPS) is 23.0. The fourth-order valence-electron chi connectivity index (χ4n) is 2.70. The van der Waals surface area contributed by atoms with Crippen molar-refractivity contribution in [3.8, 4) is 0 Å². The molecule has 0 aliphatic carbocycles. The number of carbonyl (C=O) groups excluding carboxylic acids is 2. The van der Waals surface area contributed by atoms with Gasteiger partial charge in [-0.15, -0.1) is 0 Å². The monoisotopic (exact) mass is 387 g/mol. The number of ether oxygens (including phenoxy) is 3. The maximum atomic E-state index is 11.3. The summed E-state index contributed by atoms with van der Waals surface area (Å²) in [7, 11) is 0. The van der Waals surface area contributed by atoms with Crippen LogP contribution in [0.1, 0.15) is 26.5 Å². The van der Waals surface area contributed by atoms with E-state index in [1.807, 2.05) is 0 Å². The second kappa shape index (κ2) is 7.15. The molecule has 1 saturated heterocycles. The summed E-state index contributed by atoms with van der Waals surface area (Å²) < 4.78 is 17.7. The van der Waals surface area contributed by atoms with E-state index >= 15 is 0 Å². The number of hydrogen-bond donors (Lipinski definition) is 0. The van der Waals surface area contributed by atoms with Crippen LogP contribution < -0.4 is 0 Å². The maximum absolute atomic E-state index is 11.3. The van der Waals surface area contributed by atoms with Crippen molar-refractivity contribution in [3.63, 3.8) is 0 Å². The first-order chi connectivity index (χ1) is 11.8. The Morgan fingerprint density at radius 2 is 2.12 bits per heavy atom. The Balaban J connectivity index is 1.87. The van der Waals surface area contributed by atoms with Gasteiger partial charge in [0.25, 0.3) is 0 Å². The summed E-state index contributed by atoms with van der Waals surface area (Å²) in [6, 6.07) is 1.53. The van der Waals surface area contributed by atoms with Crippen LogP contribution in [0.4, 0.5) is 0 Å². The Kier molecular flexibility index (Phi) is 5.12. The van der Waals surface area contributed by atoms with E-state index in [0.717, 1.165) is 0 Å². The summed E-state index contributed by atoms with van der Waals surface area (Å²) in [6.45, 7) is 2.57. The molecule has 8 nitrogen and oxygen atoms in total. The van der Waals surface area contributed by atoms with Crippen LogP contribution in [0.3, 0.4) is 0 Å². The van der Waals surface area contributed by atoms with E-state index in [4.69, 9.17) is 37.4 Å². The van der Waals surface area contributed by atoms with Crippen LogP contribution in [0.15, 0.2) is 12.3 Å². The first-order valence-electron chi connectivity index (χ1n) is 7.50. The molecule has 0 amide bonds. The summed E-state index contributed by atoms with van der Waals surface area (Å²) >= 11 is 12.1. The lowest BCUT2D eigenvalue weighted by atomic mass is 10.2. The van der Waals surface area contributed by atoms with Crippen molar-refractivity contribution in [1.29, 1.82) is 0 Å². The van der Waals surface area contributed by atoms with Crippen molar-refractivity contribution in [1.82, 2.24) is 14.8 Å². The Hall–Kier alpha value is -1.90. The van der Waals surface area contributed by atoms with Crippen LogP contribution in [0.5, 0.6) is 0 Å². The Labute approximate surface area is 152 Å². The summed E-state index contributed by atoms with van der Waals surface area (Å²) in [4.78, 5) is 26.6. The van der Waals surface area contributed by atoms with E-state index in [9.17, 15) is 9.59 Å². The highest BCUT2D eigenvalue weighted by molar-refractivity contribution is 6.37. The minimum absolute atomic E-state index is 0.0298. The fraction of sp³-hybridized carbons (Fsp3) is 0.467. The lowest BCUT2D eigenvalue weighted by molar-refractivity contribution is -0.155. The van der Waals surface area contributed by atoms with Gasteiger partial charge in [0.15, 0.2) is 11.9 Å². The fourth-order valence-corrected chi connectivity index (χ4v) is 3.18. The van der Waals surface area contributed by atoms with Gasteiger partial charge in [-0.3, -0.25) is 9.59 Å². The van der Waals surface area contributed by atoms with Crippen molar-refractivity contribution >= 4 is 46.2 Å². The van der Waals surface area contributed by atoms with E-state index in [0.29, 0.717) is 22.5 Å². The van der Waals surface area contributed by atoms with E-state index in [2.05, 4.69) is 10.1 Å². The number of pyridine rings is 1. The SMILES string of the molecule is CC(=O)OCC1O[C@@H](n2ncc3c(Cl)cc(Cl)nc32)C[C@@H]1OC(C)=O. The molecule has 10 heteroatoms. The third-order valence-corrected chi connectivity index (χ3v) is 4.21. The van der Waals surface area contributed by atoms with Crippen LogP contribution in [-0.4, -0.2) is 45.5 Å². The minimum Gasteiger partial charge on any atom is -0.463 e. The van der Waals surface area contributed by atoms with Gasteiger partial charge >= 0.3 is 11.9 Å². The van der Waals surface area contributed by atoms with Crippen LogP contribution in [0.25, 0.3) is 11.0 Å². The molecule has 0 aromatic carbocycles. The highest BCUT2D eigenvalue weighted by Gasteiger charge is 2.40. The summed E-state index contributed by atoms with van der Waals surface area (Å²) in [5.74, 6) is -0.894. The van der Waals surface area contributed by atoms with E-state index in [-0.39, 0.29) is 11.8 Å². The molecule has 3 rings (SSSR count). The molecule has 1 fully saturated rings. The lowest BCUT2D eigenvalue weighted by Gasteiger charge is -2.17. The molecular weight excluding hydrogens is 373 g/mol. The second-order valence-electron chi connectivity index (χ2n) is 5.57. The largest absolute Gasteiger partial charge is 0.463 e. The highest BCUT2D eigenvalue weighted by Crippen LogP contribution is 2.34. The summed E-state index contributed by atoms with van der Waals surface area (Å²) in [6.07, 6.45) is 0.144. The number of nitrogens with zero attached hydrogens (tertiary/aromatic N) is 3. The van der Waals surface area contributed by atoms with Gasteiger partial charge < -0.3 is 14.2 Å². The van der Waals surface area contributed by atoms with Crippen molar-refractivity contribution in [3.05, 3.63) is 22.4 Å². The van der Waals surface area contributed by atoms with Crippen molar-refractivity contribution in [2.24, 2.45) is 0 Å². The average Bonchev–Trinajstić information content (AvgIpc) is 3.08. The Bertz CT molecular complexity index is 825. The Morgan fingerprint density at radius 3 is 2.80 bits per heavy atom. The molecular formula is C15H15Cl2N3O5. The molecule has 134 valence electrons. The summed E-state index contributed by atoms with van der Waals surface area (Å²) in [5, 5.41) is 5.54. The molecule has 0 N–H and O–H groups in total. The zero-order chi connectivity index (χ0) is 18.1. The predicted octanol–water partition coefficient (Wildman–Crippen LogP) is 2.52. The smallest absolute Gasteiger partial charge is 0.303 e. The number of esters is 2. The van der Waals surface area contributed by atoms with E-state index in [1.165, 1.54) is 24.6 Å². The van der Waals surface area contributed by atoms with Gasteiger partial charge in [-0.1, -0.05) is 23.2 Å². The quantitative estimate of drug-likeness (QED) is 0.587.